The summed E-state index contributed by atoms with van der Waals surface area (Å²) < 4.78 is 5.67. The highest BCUT2D eigenvalue weighted by molar-refractivity contribution is 5.81. The first-order chi connectivity index (χ1) is 11.5. The molecule has 0 radical (unpaired) electrons. The lowest BCUT2D eigenvalue weighted by Gasteiger charge is -2.28. The van der Waals surface area contributed by atoms with E-state index in [1.807, 2.05) is 11.8 Å². The van der Waals surface area contributed by atoms with Crippen LogP contribution in [0.3, 0.4) is 0 Å². The minimum absolute atomic E-state index is 0.0704. The number of nitro benzene ring substituents is 1. The first kappa shape index (κ1) is 16.1. The first-order valence-corrected chi connectivity index (χ1v) is 7.85. The lowest BCUT2D eigenvalue weighted by Crippen LogP contribution is -2.50. The fourth-order valence-corrected chi connectivity index (χ4v) is 2.78. The molecule has 0 aliphatic carbocycles. The van der Waals surface area contributed by atoms with Gasteiger partial charge < -0.3 is 20.3 Å². The number of nitro groups is 1. The summed E-state index contributed by atoms with van der Waals surface area (Å²) in [5, 5.41) is 17.6. The number of benzene rings is 1. The first-order valence-electron chi connectivity index (χ1n) is 7.85. The largest absolute Gasteiger partial charge is 0.482 e. The van der Waals surface area contributed by atoms with Gasteiger partial charge in [0.05, 0.1) is 4.92 Å². The topological polar surface area (TPSA) is 96.7 Å². The number of hydrogen-bond acceptors (Lipinski definition) is 7. The molecule has 24 heavy (non-hydrogen) atoms. The molecule has 8 nitrogen and oxygen atoms in total. The van der Waals surface area contributed by atoms with Crippen LogP contribution in [0.4, 0.5) is 11.4 Å². The molecule has 0 unspecified atom stereocenters. The number of ketones is 1. The van der Waals surface area contributed by atoms with Crippen LogP contribution in [0.25, 0.3) is 0 Å². The third-order valence-electron chi connectivity index (χ3n) is 4.23. The summed E-state index contributed by atoms with van der Waals surface area (Å²) in [6.45, 7) is 3.32. The van der Waals surface area contributed by atoms with Crippen molar-refractivity contribution in [3.63, 3.8) is 0 Å². The fraction of sp³-hybridized carbons (Fsp3) is 0.438. The Hall–Kier alpha value is -2.77. The zero-order chi connectivity index (χ0) is 17.2. The van der Waals surface area contributed by atoms with Gasteiger partial charge in [0.2, 0.25) is 0 Å². The van der Waals surface area contributed by atoms with Crippen LogP contribution in [-0.4, -0.2) is 36.1 Å². The van der Waals surface area contributed by atoms with E-state index in [9.17, 15) is 14.9 Å². The second-order valence-electron chi connectivity index (χ2n) is 6.18. The average molecular weight is 332 g/mol. The second-order valence-corrected chi connectivity index (χ2v) is 6.18. The minimum Gasteiger partial charge on any atom is -0.482 e. The number of piperidine rings is 1. The quantitative estimate of drug-likeness (QED) is 0.623. The van der Waals surface area contributed by atoms with E-state index >= 15 is 0 Å². The van der Waals surface area contributed by atoms with Gasteiger partial charge >= 0.3 is 5.69 Å². The van der Waals surface area contributed by atoms with E-state index in [0.717, 1.165) is 5.69 Å². The number of rotatable bonds is 5. The summed E-state index contributed by atoms with van der Waals surface area (Å²) in [7, 11) is 0. The zero-order valence-corrected chi connectivity index (χ0v) is 13.4. The van der Waals surface area contributed by atoms with Crippen LogP contribution in [0.5, 0.6) is 5.75 Å². The SMILES string of the molecule is CC1(COc2ccc(N3CCC(=O)CC3)cc2[N+](=O)[O-])NC=CN1. The third-order valence-corrected chi connectivity index (χ3v) is 4.23. The van der Waals surface area contributed by atoms with Gasteiger partial charge in [0.1, 0.15) is 18.1 Å². The predicted octanol–water partition coefficient (Wildman–Crippen LogP) is 1.52. The van der Waals surface area contributed by atoms with E-state index in [0.29, 0.717) is 25.9 Å². The van der Waals surface area contributed by atoms with Crippen molar-refractivity contribution in [3.8, 4) is 5.75 Å². The van der Waals surface area contributed by atoms with Crippen LogP contribution >= 0.6 is 0 Å². The molecular weight excluding hydrogens is 312 g/mol. The van der Waals surface area contributed by atoms with E-state index in [-0.39, 0.29) is 23.8 Å². The highest BCUT2D eigenvalue weighted by atomic mass is 16.6. The van der Waals surface area contributed by atoms with Gasteiger partial charge in [-0.05, 0) is 19.1 Å². The van der Waals surface area contributed by atoms with Crippen LogP contribution < -0.4 is 20.3 Å². The number of anilines is 1. The molecule has 8 heteroatoms. The Balaban J connectivity index is 1.75. The Labute approximate surface area is 139 Å². The van der Waals surface area contributed by atoms with E-state index in [1.54, 1.807) is 24.5 Å². The molecule has 1 aromatic rings. The Bertz CT molecular complexity index is 671. The van der Waals surface area contributed by atoms with Crippen LogP contribution in [0.2, 0.25) is 0 Å². The lowest BCUT2D eigenvalue weighted by molar-refractivity contribution is -0.385. The molecule has 0 atom stereocenters. The Morgan fingerprint density at radius 2 is 1.96 bits per heavy atom. The van der Waals surface area contributed by atoms with Gasteiger partial charge in [0.25, 0.3) is 0 Å². The fourth-order valence-electron chi connectivity index (χ4n) is 2.78. The molecule has 0 bridgehead atoms. The van der Waals surface area contributed by atoms with Crippen molar-refractivity contribution < 1.29 is 14.5 Å². The molecule has 2 aliphatic rings. The second kappa shape index (κ2) is 6.38. The maximum atomic E-state index is 11.4. The van der Waals surface area contributed by atoms with Crippen LogP contribution in [-0.2, 0) is 4.79 Å². The molecule has 2 N–H and O–H groups in total. The van der Waals surface area contributed by atoms with E-state index in [2.05, 4.69) is 10.6 Å². The van der Waals surface area contributed by atoms with Crippen molar-refractivity contribution in [1.82, 2.24) is 10.6 Å². The summed E-state index contributed by atoms with van der Waals surface area (Å²) in [6.07, 6.45) is 4.49. The van der Waals surface area contributed by atoms with Crippen LogP contribution in [0.1, 0.15) is 19.8 Å². The molecule has 3 rings (SSSR count). The van der Waals surface area contributed by atoms with Gasteiger partial charge in [-0.25, -0.2) is 0 Å². The number of nitrogens with one attached hydrogen (secondary N) is 2. The number of carbonyl (C=O) groups excluding carboxylic acids is 1. The molecule has 1 fully saturated rings. The van der Waals surface area contributed by atoms with Crippen molar-refractivity contribution in [2.45, 2.75) is 25.4 Å². The highest BCUT2D eigenvalue weighted by Gasteiger charge is 2.27. The smallest absolute Gasteiger partial charge is 0.312 e. The maximum absolute atomic E-state index is 11.4. The molecule has 0 amide bonds. The normalized spacial score (nSPS) is 18.9. The summed E-state index contributed by atoms with van der Waals surface area (Å²) in [4.78, 5) is 24.3. The van der Waals surface area contributed by atoms with Crippen molar-refractivity contribution in [2.24, 2.45) is 0 Å². The van der Waals surface area contributed by atoms with Gasteiger partial charge in [-0.15, -0.1) is 0 Å². The monoisotopic (exact) mass is 332 g/mol. The van der Waals surface area contributed by atoms with Gasteiger partial charge in [0, 0.05) is 50.1 Å². The van der Waals surface area contributed by atoms with Gasteiger partial charge in [-0.3, -0.25) is 14.9 Å². The molecule has 1 saturated heterocycles. The minimum atomic E-state index is -0.486. The Kier molecular flexibility index (Phi) is 4.28. The summed E-state index contributed by atoms with van der Waals surface area (Å²) in [6, 6.07) is 4.94. The number of hydrogen-bond donors (Lipinski definition) is 2. The van der Waals surface area contributed by atoms with E-state index in [1.165, 1.54) is 6.07 Å². The molecule has 0 saturated carbocycles. The molecule has 1 aromatic carbocycles. The summed E-state index contributed by atoms with van der Waals surface area (Å²) in [5.41, 5.74) is 0.185. The summed E-state index contributed by atoms with van der Waals surface area (Å²) >= 11 is 0. The zero-order valence-electron chi connectivity index (χ0n) is 13.4. The predicted molar refractivity (Wildman–Crippen MR) is 88.9 cm³/mol. The maximum Gasteiger partial charge on any atom is 0.312 e. The standard InChI is InChI=1S/C16H20N4O4/c1-16(17-6-7-18-16)11-24-15-3-2-12(10-14(15)20(22)23)19-8-4-13(21)5-9-19/h2-3,6-7,10,17-18H,4-5,8-9,11H2,1H3. The van der Waals surface area contributed by atoms with Crippen molar-refractivity contribution in [3.05, 3.63) is 40.7 Å². The van der Waals surface area contributed by atoms with Gasteiger partial charge in [0.15, 0.2) is 5.75 Å². The molecular formula is C16H20N4O4. The Morgan fingerprint density at radius 1 is 1.29 bits per heavy atom. The highest BCUT2D eigenvalue weighted by Crippen LogP contribution is 2.33. The van der Waals surface area contributed by atoms with Gasteiger partial charge in [-0.2, -0.15) is 0 Å². The third kappa shape index (κ3) is 3.42. The molecule has 0 aromatic heterocycles. The van der Waals surface area contributed by atoms with Crippen molar-refractivity contribution in [2.75, 3.05) is 24.6 Å². The van der Waals surface area contributed by atoms with E-state index < -0.39 is 10.6 Å². The summed E-state index contributed by atoms with van der Waals surface area (Å²) in [5.74, 6) is 0.465. The number of nitrogens with zero attached hydrogens (tertiary/aromatic N) is 2. The van der Waals surface area contributed by atoms with Crippen LogP contribution in [0, 0.1) is 10.1 Å². The average Bonchev–Trinajstić information content (AvgIpc) is 3.00. The van der Waals surface area contributed by atoms with Crippen molar-refractivity contribution in [1.29, 1.82) is 0 Å². The van der Waals surface area contributed by atoms with Crippen molar-refractivity contribution >= 4 is 17.2 Å². The Morgan fingerprint density at radius 3 is 2.58 bits per heavy atom. The molecule has 2 aliphatic heterocycles. The van der Waals surface area contributed by atoms with Crippen LogP contribution in [0.15, 0.2) is 30.6 Å². The number of Topliss-reactive ketones (excluding diaryl/α,β-unsaturated/α-hetero) is 1. The lowest BCUT2D eigenvalue weighted by atomic mass is 10.1. The molecule has 2 heterocycles. The van der Waals surface area contributed by atoms with E-state index in [4.69, 9.17) is 4.74 Å². The number of carbonyl (C=O) groups is 1. The van der Waals surface area contributed by atoms with Gasteiger partial charge in [-0.1, -0.05) is 0 Å². The number of ether oxygens (including phenoxy) is 1. The molecule has 0 spiro atoms. The molecule has 128 valence electrons.